The van der Waals surface area contributed by atoms with Gasteiger partial charge in [0.25, 0.3) is 0 Å². The van der Waals surface area contributed by atoms with Gasteiger partial charge in [-0.15, -0.1) is 0 Å². The van der Waals surface area contributed by atoms with Crippen molar-refractivity contribution in [3.8, 4) is 5.88 Å². The van der Waals surface area contributed by atoms with Crippen LogP contribution in [0.4, 0.5) is 14.9 Å². The maximum Gasteiger partial charge on any atom is 0.410 e. The predicted molar refractivity (Wildman–Crippen MR) is 190 cm³/mol. The number of benzene rings is 2. The molecule has 0 radical (unpaired) electrons. The lowest BCUT2D eigenvalue weighted by Gasteiger charge is -2.49. The lowest BCUT2D eigenvalue weighted by molar-refractivity contribution is -0.123. The number of amides is 2. The van der Waals surface area contributed by atoms with E-state index in [2.05, 4.69) is 28.6 Å². The number of piperazine rings is 1. The summed E-state index contributed by atoms with van der Waals surface area (Å²) in [5, 5.41) is 0. The Bertz CT molecular complexity index is 1620. The van der Waals surface area contributed by atoms with Gasteiger partial charge < -0.3 is 19.1 Å². The fourth-order valence-electron chi connectivity index (χ4n) is 7.27. The minimum Gasteiger partial charge on any atom is -0.474 e. The molecule has 3 aliphatic heterocycles. The van der Waals surface area contributed by atoms with Crippen molar-refractivity contribution in [2.24, 2.45) is 0 Å². The SMILES string of the molecule is C[C@@H]1CN(CC(=O)N2c3cc(Cc4ccc(F)cc4)cnc3OC[C@@H]2c2ccccc2)[C@@H](CN2[C@H](C)COC[C@H]2C)CN1C(=O)OC(C)(C)C. The highest BCUT2D eigenvalue weighted by Gasteiger charge is 2.42. The molecule has 0 saturated carbocycles. The fourth-order valence-corrected chi connectivity index (χ4v) is 7.27. The molecule has 10 nitrogen and oxygen atoms in total. The molecule has 0 unspecified atom stereocenters. The molecule has 0 aliphatic carbocycles. The Hall–Kier alpha value is -4.06. The van der Waals surface area contributed by atoms with E-state index in [1.807, 2.05) is 73.9 Å². The summed E-state index contributed by atoms with van der Waals surface area (Å²) < 4.78 is 31.4. The second-order valence-electron chi connectivity index (χ2n) is 15.0. The molecule has 11 heteroatoms. The molecule has 2 aromatic carbocycles. The number of ether oxygens (including phenoxy) is 3. The monoisotopic (exact) mass is 687 g/mol. The van der Waals surface area contributed by atoms with Crippen molar-refractivity contribution < 1.29 is 28.2 Å². The molecule has 5 atom stereocenters. The van der Waals surface area contributed by atoms with E-state index in [0.717, 1.165) is 16.7 Å². The van der Waals surface area contributed by atoms with E-state index in [1.165, 1.54) is 12.1 Å². The zero-order chi connectivity index (χ0) is 35.6. The van der Waals surface area contributed by atoms with E-state index in [0.29, 0.717) is 50.8 Å². The third kappa shape index (κ3) is 8.28. The maximum atomic E-state index is 14.8. The highest BCUT2D eigenvalue weighted by atomic mass is 19.1. The quantitative estimate of drug-likeness (QED) is 0.313. The van der Waals surface area contributed by atoms with Crippen LogP contribution in [-0.4, -0.2) is 107 Å². The zero-order valence-corrected chi connectivity index (χ0v) is 30.0. The van der Waals surface area contributed by atoms with Crippen LogP contribution in [-0.2, 0) is 20.7 Å². The van der Waals surface area contributed by atoms with Gasteiger partial charge in [0.2, 0.25) is 11.8 Å². The Balaban J connectivity index is 1.31. The minimum atomic E-state index is -0.619. The molecule has 0 N–H and O–H groups in total. The van der Waals surface area contributed by atoms with Crippen LogP contribution >= 0.6 is 0 Å². The number of rotatable bonds is 7. The summed E-state index contributed by atoms with van der Waals surface area (Å²) in [7, 11) is 0. The number of anilines is 1. The number of halogens is 1. The third-order valence-electron chi connectivity index (χ3n) is 9.81. The highest BCUT2D eigenvalue weighted by Crippen LogP contribution is 2.39. The van der Waals surface area contributed by atoms with E-state index >= 15 is 0 Å². The minimum absolute atomic E-state index is 0.0740. The van der Waals surface area contributed by atoms with Crippen molar-refractivity contribution >= 4 is 17.7 Å². The van der Waals surface area contributed by atoms with Crippen LogP contribution in [0, 0.1) is 5.82 Å². The Morgan fingerprint density at radius 2 is 1.62 bits per heavy atom. The Morgan fingerprint density at radius 1 is 0.920 bits per heavy atom. The van der Waals surface area contributed by atoms with Gasteiger partial charge in [-0.1, -0.05) is 42.5 Å². The lowest BCUT2D eigenvalue weighted by atomic mass is 10.0. The average molecular weight is 688 g/mol. The van der Waals surface area contributed by atoms with E-state index in [-0.39, 0.29) is 61.2 Å². The number of fused-ring (bicyclic) bond motifs is 1. The van der Waals surface area contributed by atoms with E-state index in [9.17, 15) is 14.0 Å². The molecule has 2 amide bonds. The van der Waals surface area contributed by atoms with E-state index in [4.69, 9.17) is 14.2 Å². The number of pyridine rings is 1. The van der Waals surface area contributed by atoms with Crippen molar-refractivity contribution in [2.45, 2.75) is 83.8 Å². The molecule has 3 aliphatic rings. The number of carbonyl (C=O) groups excluding carboxylic acids is 2. The van der Waals surface area contributed by atoms with Gasteiger partial charge >= 0.3 is 6.09 Å². The molecular weight excluding hydrogens is 637 g/mol. The van der Waals surface area contributed by atoms with Crippen LogP contribution in [0.5, 0.6) is 5.88 Å². The Morgan fingerprint density at radius 3 is 2.30 bits per heavy atom. The summed E-state index contributed by atoms with van der Waals surface area (Å²) in [6, 6.07) is 18.1. The second-order valence-corrected chi connectivity index (χ2v) is 15.0. The molecule has 0 bridgehead atoms. The molecule has 268 valence electrons. The van der Waals surface area contributed by atoms with E-state index in [1.54, 1.807) is 18.3 Å². The van der Waals surface area contributed by atoms with Crippen molar-refractivity contribution in [2.75, 3.05) is 50.9 Å². The number of nitrogens with zero attached hydrogens (tertiary/aromatic N) is 5. The van der Waals surface area contributed by atoms with Gasteiger partial charge in [-0.3, -0.25) is 19.5 Å². The van der Waals surface area contributed by atoms with Gasteiger partial charge in [0.05, 0.1) is 25.8 Å². The first-order valence-electron chi connectivity index (χ1n) is 17.7. The first kappa shape index (κ1) is 35.8. The van der Waals surface area contributed by atoms with Crippen LogP contribution in [0.15, 0.2) is 66.9 Å². The normalized spacial score (nSPS) is 24.7. The van der Waals surface area contributed by atoms with Crippen LogP contribution < -0.4 is 9.64 Å². The largest absolute Gasteiger partial charge is 0.474 e. The van der Waals surface area contributed by atoms with Crippen molar-refractivity contribution in [3.63, 3.8) is 0 Å². The van der Waals surface area contributed by atoms with Crippen LogP contribution in [0.25, 0.3) is 0 Å². The molecule has 3 aromatic rings. The van der Waals surface area contributed by atoms with Gasteiger partial charge in [-0.2, -0.15) is 0 Å². The molecule has 0 spiro atoms. The van der Waals surface area contributed by atoms with Gasteiger partial charge in [0.1, 0.15) is 23.7 Å². The standard InChI is InChI=1S/C39H50FN5O5/c1-26-19-42(33(20-43-27(2)23-48-24-28(43)3)21-44(26)38(47)50-39(4,5)6)22-36(46)45-34-17-30(16-29-12-14-32(40)15-13-29)18-41-37(34)49-25-35(45)31-10-8-7-9-11-31/h7-15,17-18,26-28,33,35H,16,19-25H2,1-6H3/t26-,27-,28-,33+,35-/m1/s1. The summed E-state index contributed by atoms with van der Waals surface area (Å²) in [6.07, 6.45) is 1.95. The van der Waals surface area contributed by atoms with Gasteiger partial charge in [-0.25, -0.2) is 14.2 Å². The van der Waals surface area contributed by atoms with Gasteiger partial charge in [0.15, 0.2) is 0 Å². The smallest absolute Gasteiger partial charge is 0.410 e. The van der Waals surface area contributed by atoms with Gasteiger partial charge in [-0.05, 0) is 82.9 Å². The number of morpholine rings is 1. The molecule has 2 saturated heterocycles. The molecule has 2 fully saturated rings. The summed E-state index contributed by atoms with van der Waals surface area (Å²) in [4.78, 5) is 41.2. The molecule has 4 heterocycles. The number of hydrogen-bond acceptors (Lipinski definition) is 8. The maximum absolute atomic E-state index is 14.8. The summed E-state index contributed by atoms with van der Waals surface area (Å²) in [6.45, 7) is 15.3. The van der Waals surface area contributed by atoms with Crippen LogP contribution in [0.3, 0.4) is 0 Å². The second kappa shape index (κ2) is 15.0. The Labute approximate surface area is 295 Å². The first-order valence-corrected chi connectivity index (χ1v) is 17.7. The number of aromatic nitrogens is 1. The van der Waals surface area contributed by atoms with Crippen molar-refractivity contribution in [3.05, 3.63) is 89.4 Å². The van der Waals surface area contributed by atoms with Crippen LogP contribution in [0.2, 0.25) is 0 Å². The number of hydrogen-bond donors (Lipinski definition) is 0. The molecule has 6 rings (SSSR count). The Kier molecular flexibility index (Phi) is 10.8. The highest BCUT2D eigenvalue weighted by molar-refractivity contribution is 5.97. The molecular formula is C39H50FN5O5. The van der Waals surface area contributed by atoms with Crippen LogP contribution in [0.1, 0.15) is 64.3 Å². The number of carbonyl (C=O) groups is 2. The first-order chi connectivity index (χ1) is 23.9. The van der Waals surface area contributed by atoms with Crippen molar-refractivity contribution in [1.82, 2.24) is 19.7 Å². The van der Waals surface area contributed by atoms with E-state index < -0.39 is 5.60 Å². The third-order valence-corrected chi connectivity index (χ3v) is 9.81. The summed E-state index contributed by atoms with van der Waals surface area (Å²) in [5.41, 5.74) is 2.78. The average Bonchev–Trinajstić information content (AvgIpc) is 3.07. The summed E-state index contributed by atoms with van der Waals surface area (Å²) >= 11 is 0. The summed E-state index contributed by atoms with van der Waals surface area (Å²) in [5.74, 6) is 0.0458. The lowest BCUT2D eigenvalue weighted by Crippen LogP contribution is -2.65. The topological polar surface area (TPSA) is 87.7 Å². The molecule has 50 heavy (non-hydrogen) atoms. The fraction of sp³-hybridized carbons (Fsp3) is 0.513. The molecule has 1 aromatic heterocycles. The van der Waals surface area contributed by atoms with Crippen molar-refractivity contribution in [1.29, 1.82) is 0 Å². The predicted octanol–water partition coefficient (Wildman–Crippen LogP) is 5.70. The van der Waals surface area contributed by atoms with Gasteiger partial charge in [0, 0.05) is 50.0 Å². The zero-order valence-electron chi connectivity index (χ0n) is 30.0.